The number of nitrogens with one attached hydrogen (secondary N) is 2. The van der Waals surface area contributed by atoms with Gasteiger partial charge in [-0.05, 0) is 50.6 Å². The maximum absolute atomic E-state index is 12.7. The lowest BCUT2D eigenvalue weighted by atomic mass is 9.95. The van der Waals surface area contributed by atoms with Crippen molar-refractivity contribution in [3.05, 3.63) is 51.8 Å². The number of aromatic nitrogens is 2. The van der Waals surface area contributed by atoms with Crippen LogP contribution in [0.1, 0.15) is 64.8 Å². The number of aryl methyl sites for hydroxylation is 2. The standard InChI is InChI=1S/C22H26N4O3S/c1-7-29-15-10-8-14(9-11-15)18(27)25-26-19(28)17-12(2)16-13(3)23-21(22(4,5)6)24-20(16)30-17/h8-11H,7H2,1-6H3,(H,25,27)(H,26,28). The van der Waals surface area contributed by atoms with E-state index in [1.54, 1.807) is 24.3 Å². The summed E-state index contributed by atoms with van der Waals surface area (Å²) in [6, 6.07) is 6.71. The maximum Gasteiger partial charge on any atom is 0.280 e. The van der Waals surface area contributed by atoms with Crippen LogP contribution in [0.2, 0.25) is 0 Å². The number of carbonyl (C=O) groups is 2. The van der Waals surface area contributed by atoms with Gasteiger partial charge in [-0.1, -0.05) is 20.8 Å². The van der Waals surface area contributed by atoms with Crippen LogP contribution in [-0.2, 0) is 5.41 Å². The summed E-state index contributed by atoms with van der Waals surface area (Å²) in [7, 11) is 0. The van der Waals surface area contributed by atoms with Gasteiger partial charge in [-0.2, -0.15) is 0 Å². The van der Waals surface area contributed by atoms with Gasteiger partial charge in [0.2, 0.25) is 0 Å². The normalized spacial score (nSPS) is 11.4. The van der Waals surface area contributed by atoms with Crippen LogP contribution in [0, 0.1) is 13.8 Å². The van der Waals surface area contributed by atoms with Crippen molar-refractivity contribution in [1.82, 2.24) is 20.8 Å². The highest BCUT2D eigenvalue weighted by atomic mass is 32.1. The Bertz CT molecular complexity index is 1100. The third-order valence-electron chi connectivity index (χ3n) is 4.57. The first-order valence-electron chi connectivity index (χ1n) is 9.73. The van der Waals surface area contributed by atoms with Crippen LogP contribution in [0.4, 0.5) is 0 Å². The molecule has 2 N–H and O–H groups in total. The lowest BCUT2D eigenvalue weighted by molar-refractivity contribution is 0.0848. The Morgan fingerprint density at radius 3 is 2.27 bits per heavy atom. The van der Waals surface area contributed by atoms with Gasteiger partial charge >= 0.3 is 0 Å². The van der Waals surface area contributed by atoms with E-state index < -0.39 is 5.91 Å². The number of hydrazine groups is 1. The van der Waals surface area contributed by atoms with Crippen molar-refractivity contribution >= 4 is 33.4 Å². The molecule has 0 spiro atoms. The molecule has 158 valence electrons. The number of benzene rings is 1. The van der Waals surface area contributed by atoms with Crippen molar-refractivity contribution in [2.75, 3.05) is 6.61 Å². The summed E-state index contributed by atoms with van der Waals surface area (Å²) in [5, 5.41) is 0.885. The predicted octanol–water partition coefficient (Wildman–Crippen LogP) is 4.08. The molecule has 2 aromatic heterocycles. The second-order valence-electron chi connectivity index (χ2n) is 7.98. The van der Waals surface area contributed by atoms with Crippen molar-refractivity contribution in [3.8, 4) is 5.75 Å². The lowest BCUT2D eigenvalue weighted by Gasteiger charge is -2.16. The average molecular weight is 427 g/mol. The summed E-state index contributed by atoms with van der Waals surface area (Å²) in [5.74, 6) is 0.636. The van der Waals surface area contributed by atoms with Crippen molar-refractivity contribution in [2.45, 2.75) is 47.0 Å². The second kappa shape index (κ2) is 8.39. The first kappa shape index (κ1) is 21.7. The Morgan fingerprint density at radius 2 is 1.67 bits per heavy atom. The van der Waals surface area contributed by atoms with Crippen molar-refractivity contribution in [2.24, 2.45) is 0 Å². The molecular formula is C22H26N4O3S. The van der Waals surface area contributed by atoms with Gasteiger partial charge in [-0.15, -0.1) is 11.3 Å². The van der Waals surface area contributed by atoms with Crippen molar-refractivity contribution < 1.29 is 14.3 Å². The Kier molecular flexibility index (Phi) is 6.07. The van der Waals surface area contributed by atoms with E-state index in [9.17, 15) is 9.59 Å². The lowest BCUT2D eigenvalue weighted by Crippen LogP contribution is -2.41. The van der Waals surface area contributed by atoms with Crippen LogP contribution in [0.15, 0.2) is 24.3 Å². The molecule has 0 aliphatic heterocycles. The number of rotatable bonds is 4. The third-order valence-corrected chi connectivity index (χ3v) is 5.75. The maximum atomic E-state index is 12.7. The van der Waals surface area contributed by atoms with E-state index >= 15 is 0 Å². The van der Waals surface area contributed by atoms with Gasteiger partial charge in [0.25, 0.3) is 11.8 Å². The minimum Gasteiger partial charge on any atom is -0.494 e. The van der Waals surface area contributed by atoms with E-state index in [2.05, 4.69) is 41.6 Å². The second-order valence-corrected chi connectivity index (χ2v) is 8.98. The van der Waals surface area contributed by atoms with Gasteiger partial charge in [-0.25, -0.2) is 9.97 Å². The molecule has 7 nitrogen and oxygen atoms in total. The molecule has 0 saturated carbocycles. The number of hydrogen-bond donors (Lipinski definition) is 2. The molecule has 3 aromatic rings. The molecule has 0 bridgehead atoms. The van der Waals surface area contributed by atoms with Crippen LogP contribution in [0.5, 0.6) is 5.75 Å². The summed E-state index contributed by atoms with van der Waals surface area (Å²) in [6.07, 6.45) is 0. The van der Waals surface area contributed by atoms with Crippen molar-refractivity contribution in [1.29, 1.82) is 0 Å². The van der Waals surface area contributed by atoms with E-state index in [4.69, 9.17) is 4.74 Å². The minimum absolute atomic E-state index is 0.190. The zero-order chi connectivity index (χ0) is 22.1. The number of carbonyl (C=O) groups excluding carboxylic acids is 2. The van der Waals surface area contributed by atoms with E-state index in [0.29, 0.717) is 22.8 Å². The number of amides is 2. The topological polar surface area (TPSA) is 93.2 Å². The number of hydrogen-bond acceptors (Lipinski definition) is 6. The molecule has 1 aromatic carbocycles. The predicted molar refractivity (Wildman–Crippen MR) is 118 cm³/mol. The molecule has 0 saturated heterocycles. The number of fused-ring (bicyclic) bond motifs is 1. The summed E-state index contributed by atoms with van der Waals surface area (Å²) in [4.78, 5) is 35.6. The van der Waals surface area contributed by atoms with Crippen molar-refractivity contribution in [3.63, 3.8) is 0 Å². The molecule has 0 aliphatic carbocycles. The Hall–Kier alpha value is -3.00. The first-order valence-corrected chi connectivity index (χ1v) is 10.5. The van der Waals surface area contributed by atoms with E-state index in [1.807, 2.05) is 20.8 Å². The molecule has 2 amide bonds. The Morgan fingerprint density at radius 1 is 1.03 bits per heavy atom. The highest BCUT2D eigenvalue weighted by molar-refractivity contribution is 7.20. The number of ether oxygens (including phenoxy) is 1. The van der Waals surface area contributed by atoms with Gasteiger partial charge in [0, 0.05) is 16.4 Å². The fraction of sp³-hybridized carbons (Fsp3) is 0.364. The smallest absolute Gasteiger partial charge is 0.280 e. The number of thiophene rings is 1. The monoisotopic (exact) mass is 426 g/mol. The van der Waals surface area contributed by atoms with Crippen LogP contribution in [0.25, 0.3) is 10.2 Å². The van der Waals surface area contributed by atoms with Gasteiger partial charge in [0.1, 0.15) is 16.4 Å². The molecule has 0 unspecified atom stereocenters. The fourth-order valence-electron chi connectivity index (χ4n) is 3.00. The third kappa shape index (κ3) is 4.43. The van der Waals surface area contributed by atoms with E-state index in [-0.39, 0.29) is 11.3 Å². The summed E-state index contributed by atoms with van der Waals surface area (Å²) < 4.78 is 5.37. The Labute approximate surface area is 179 Å². The molecule has 3 rings (SSSR count). The van der Waals surface area contributed by atoms with Gasteiger partial charge in [0.15, 0.2) is 0 Å². The van der Waals surface area contributed by atoms with Gasteiger partial charge < -0.3 is 4.74 Å². The van der Waals surface area contributed by atoms with Crippen LogP contribution in [0.3, 0.4) is 0 Å². The SMILES string of the molecule is CCOc1ccc(C(=O)NNC(=O)c2sc3nc(C(C)(C)C)nc(C)c3c2C)cc1. The van der Waals surface area contributed by atoms with Gasteiger partial charge in [-0.3, -0.25) is 20.4 Å². The average Bonchev–Trinajstić information content (AvgIpc) is 3.03. The fourth-order valence-corrected chi connectivity index (χ4v) is 4.13. The minimum atomic E-state index is -0.406. The van der Waals surface area contributed by atoms with E-state index in [0.717, 1.165) is 27.3 Å². The summed E-state index contributed by atoms with van der Waals surface area (Å²) >= 11 is 1.30. The molecule has 2 heterocycles. The largest absolute Gasteiger partial charge is 0.494 e. The quantitative estimate of drug-likeness (QED) is 0.613. The molecule has 0 aliphatic rings. The molecule has 30 heavy (non-hydrogen) atoms. The zero-order valence-electron chi connectivity index (χ0n) is 18.0. The van der Waals surface area contributed by atoms with Crippen LogP contribution >= 0.6 is 11.3 Å². The zero-order valence-corrected chi connectivity index (χ0v) is 18.9. The Balaban J connectivity index is 1.77. The molecule has 0 atom stereocenters. The highest BCUT2D eigenvalue weighted by Crippen LogP contribution is 2.33. The van der Waals surface area contributed by atoms with Crippen LogP contribution < -0.4 is 15.6 Å². The summed E-state index contributed by atoms with van der Waals surface area (Å²) in [5.41, 5.74) is 6.84. The van der Waals surface area contributed by atoms with Crippen LogP contribution in [-0.4, -0.2) is 28.4 Å². The molecule has 8 heteroatoms. The molecular weight excluding hydrogens is 400 g/mol. The number of nitrogens with zero attached hydrogens (tertiary/aromatic N) is 2. The van der Waals surface area contributed by atoms with Gasteiger partial charge in [0.05, 0.1) is 17.2 Å². The molecule has 0 radical (unpaired) electrons. The first-order chi connectivity index (χ1) is 14.1. The molecule has 0 fully saturated rings. The summed E-state index contributed by atoms with van der Waals surface area (Å²) in [6.45, 7) is 12.4. The highest BCUT2D eigenvalue weighted by Gasteiger charge is 2.23. The van der Waals surface area contributed by atoms with E-state index in [1.165, 1.54) is 11.3 Å².